The molecule has 3 atom stereocenters. The average molecular weight is 440 g/mol. The largest absolute Gasteiger partial charge is 0.506 e. The zero-order valence-electron chi connectivity index (χ0n) is 18.9. The molecule has 2 aliphatic rings. The smallest absolute Gasteiger partial charge is 0.258 e. The first-order valence-electron chi connectivity index (χ1n) is 11.6. The van der Waals surface area contributed by atoms with Crippen molar-refractivity contribution in [2.24, 2.45) is 0 Å². The Kier molecular flexibility index (Phi) is 6.96. The fourth-order valence-corrected chi connectivity index (χ4v) is 4.96. The third kappa shape index (κ3) is 4.89. The minimum absolute atomic E-state index is 0.0203. The van der Waals surface area contributed by atoms with E-state index in [-0.39, 0.29) is 35.3 Å². The van der Waals surface area contributed by atoms with Crippen LogP contribution >= 0.6 is 0 Å². The summed E-state index contributed by atoms with van der Waals surface area (Å²) >= 11 is 0. The number of hydrogen-bond acceptors (Lipinski definition) is 5. The maximum Gasteiger partial charge on any atom is 0.258 e. The fraction of sp³-hybridized carbons (Fsp3) is 0.520. The van der Waals surface area contributed by atoms with E-state index >= 15 is 0 Å². The first-order valence-corrected chi connectivity index (χ1v) is 11.6. The highest BCUT2D eigenvalue weighted by Crippen LogP contribution is 2.31. The Morgan fingerprint density at radius 2 is 1.88 bits per heavy atom. The van der Waals surface area contributed by atoms with E-state index in [1.807, 2.05) is 24.3 Å². The maximum atomic E-state index is 13.2. The molecule has 2 aromatic carbocycles. The van der Waals surface area contributed by atoms with Gasteiger partial charge in [0.1, 0.15) is 11.8 Å². The highest BCUT2D eigenvalue weighted by Gasteiger charge is 2.35. The lowest BCUT2D eigenvalue weighted by molar-refractivity contribution is -0.124. The number of ether oxygens (including phenoxy) is 1. The van der Waals surface area contributed by atoms with Crippen molar-refractivity contribution in [1.82, 2.24) is 15.1 Å². The van der Waals surface area contributed by atoms with Crippen molar-refractivity contribution >= 4 is 22.6 Å². The molecule has 172 valence electrons. The molecule has 7 heteroatoms. The summed E-state index contributed by atoms with van der Waals surface area (Å²) in [6.07, 6.45) is 2.75. The summed E-state index contributed by atoms with van der Waals surface area (Å²) in [5, 5.41) is 15.2. The fourth-order valence-electron chi connectivity index (χ4n) is 4.96. The average Bonchev–Trinajstić information content (AvgIpc) is 3.26. The second-order valence-electron chi connectivity index (χ2n) is 9.00. The molecular formula is C25H33N3O4. The third-order valence-corrected chi connectivity index (χ3v) is 6.39. The number of carbonyl (C=O) groups excluding carboxylic acids is 2. The molecule has 2 N–H and O–H groups in total. The van der Waals surface area contributed by atoms with E-state index in [1.54, 1.807) is 17.0 Å². The number of rotatable bonds is 6. The summed E-state index contributed by atoms with van der Waals surface area (Å²) < 4.78 is 5.76. The van der Waals surface area contributed by atoms with Crippen molar-refractivity contribution in [3.05, 3.63) is 42.0 Å². The van der Waals surface area contributed by atoms with Crippen LogP contribution in [0.2, 0.25) is 0 Å². The summed E-state index contributed by atoms with van der Waals surface area (Å²) in [4.78, 5) is 30.0. The number of aromatic hydroxyl groups is 1. The number of amides is 2. The lowest BCUT2D eigenvalue weighted by atomic mass is 10.0. The number of benzene rings is 2. The van der Waals surface area contributed by atoms with Crippen molar-refractivity contribution < 1.29 is 19.4 Å². The Bertz CT molecular complexity index is 969. The van der Waals surface area contributed by atoms with Crippen LogP contribution in [0.4, 0.5) is 0 Å². The lowest BCUT2D eigenvalue weighted by Crippen LogP contribution is -2.47. The lowest BCUT2D eigenvalue weighted by Gasteiger charge is -2.35. The predicted molar refractivity (Wildman–Crippen MR) is 124 cm³/mol. The van der Waals surface area contributed by atoms with Crippen molar-refractivity contribution in [3.8, 4) is 5.75 Å². The minimum atomic E-state index is -0.489. The molecule has 0 aliphatic carbocycles. The van der Waals surface area contributed by atoms with Gasteiger partial charge in [0.15, 0.2) is 0 Å². The Hall–Kier alpha value is -2.64. The van der Waals surface area contributed by atoms with Crippen LogP contribution in [0, 0.1) is 0 Å². The van der Waals surface area contributed by atoms with Crippen LogP contribution in [0.3, 0.4) is 0 Å². The van der Waals surface area contributed by atoms with Gasteiger partial charge < -0.3 is 20.1 Å². The molecule has 2 aromatic rings. The van der Waals surface area contributed by atoms with Gasteiger partial charge >= 0.3 is 0 Å². The zero-order chi connectivity index (χ0) is 22.7. The van der Waals surface area contributed by atoms with Crippen molar-refractivity contribution in [2.75, 3.05) is 32.7 Å². The second kappa shape index (κ2) is 9.88. The molecule has 32 heavy (non-hydrogen) atoms. The number of phenolic OH excluding ortho intramolecular Hbond substituents is 1. The van der Waals surface area contributed by atoms with Crippen LogP contribution in [-0.4, -0.2) is 77.7 Å². The first kappa shape index (κ1) is 22.6. The van der Waals surface area contributed by atoms with Gasteiger partial charge in [-0.05, 0) is 44.6 Å². The first-order chi connectivity index (χ1) is 15.4. The van der Waals surface area contributed by atoms with Gasteiger partial charge in [-0.25, -0.2) is 0 Å². The second-order valence-corrected chi connectivity index (χ2v) is 9.00. The van der Waals surface area contributed by atoms with Crippen LogP contribution in [0.5, 0.6) is 5.75 Å². The topological polar surface area (TPSA) is 82.1 Å². The molecule has 2 amide bonds. The van der Waals surface area contributed by atoms with Crippen molar-refractivity contribution in [2.45, 2.75) is 51.4 Å². The Balaban J connectivity index is 1.33. The molecule has 0 aromatic heterocycles. The number of nitrogens with zero attached hydrogens (tertiary/aromatic N) is 2. The van der Waals surface area contributed by atoms with Crippen LogP contribution in [0.1, 0.15) is 43.5 Å². The molecule has 0 spiro atoms. The predicted octanol–water partition coefficient (Wildman–Crippen LogP) is 2.77. The molecule has 7 nitrogen and oxygen atoms in total. The van der Waals surface area contributed by atoms with Gasteiger partial charge in [-0.1, -0.05) is 30.3 Å². The number of phenols is 1. The molecule has 4 rings (SSSR count). The van der Waals surface area contributed by atoms with E-state index in [9.17, 15) is 14.7 Å². The number of hydrogen-bond donors (Lipinski definition) is 2. The monoisotopic (exact) mass is 439 g/mol. The molecule has 2 heterocycles. The number of likely N-dealkylation sites (tertiary alicyclic amines) is 1. The van der Waals surface area contributed by atoms with Crippen molar-refractivity contribution in [1.29, 1.82) is 0 Å². The number of carbonyl (C=O) groups is 2. The Labute approximate surface area is 189 Å². The quantitative estimate of drug-likeness (QED) is 0.677. The normalized spacial score (nSPS) is 24.1. The third-order valence-electron chi connectivity index (χ3n) is 6.39. The zero-order valence-corrected chi connectivity index (χ0v) is 18.9. The van der Waals surface area contributed by atoms with Gasteiger partial charge in [0.2, 0.25) is 5.91 Å². The highest BCUT2D eigenvalue weighted by molar-refractivity contribution is 6.05. The van der Waals surface area contributed by atoms with Gasteiger partial charge in [-0.15, -0.1) is 0 Å². The molecule has 2 fully saturated rings. The molecule has 3 unspecified atom stereocenters. The molecule has 0 radical (unpaired) electrons. The van der Waals surface area contributed by atoms with E-state index in [1.165, 1.54) is 0 Å². The van der Waals surface area contributed by atoms with Crippen LogP contribution in [-0.2, 0) is 9.53 Å². The van der Waals surface area contributed by atoms with Gasteiger partial charge in [-0.3, -0.25) is 14.5 Å². The minimum Gasteiger partial charge on any atom is -0.506 e. The van der Waals surface area contributed by atoms with Crippen LogP contribution in [0.25, 0.3) is 10.8 Å². The molecule has 0 bridgehead atoms. The number of morpholine rings is 1. The van der Waals surface area contributed by atoms with Crippen LogP contribution in [0.15, 0.2) is 36.4 Å². The van der Waals surface area contributed by atoms with Crippen LogP contribution < -0.4 is 5.32 Å². The Morgan fingerprint density at radius 1 is 1.12 bits per heavy atom. The van der Waals surface area contributed by atoms with E-state index in [0.29, 0.717) is 24.9 Å². The summed E-state index contributed by atoms with van der Waals surface area (Å²) in [7, 11) is 0. The summed E-state index contributed by atoms with van der Waals surface area (Å²) in [6.45, 7) is 8.02. The molecule has 0 saturated carbocycles. The van der Waals surface area contributed by atoms with Gasteiger partial charge in [0.05, 0.1) is 17.8 Å². The number of fused-ring (bicyclic) bond motifs is 1. The summed E-state index contributed by atoms with van der Waals surface area (Å²) in [6, 6.07) is 10.4. The maximum absolute atomic E-state index is 13.2. The van der Waals surface area contributed by atoms with Gasteiger partial charge in [-0.2, -0.15) is 0 Å². The van der Waals surface area contributed by atoms with Gasteiger partial charge in [0, 0.05) is 38.1 Å². The molecule has 2 saturated heterocycles. The summed E-state index contributed by atoms with van der Waals surface area (Å²) in [5.74, 6) is -0.421. The van der Waals surface area contributed by atoms with E-state index in [2.05, 4.69) is 24.1 Å². The number of nitrogens with one attached hydrogen (secondary N) is 1. The Morgan fingerprint density at radius 3 is 2.66 bits per heavy atom. The van der Waals surface area contributed by atoms with E-state index in [0.717, 1.165) is 37.9 Å². The summed E-state index contributed by atoms with van der Waals surface area (Å²) in [5.41, 5.74) is 0.249. The van der Waals surface area contributed by atoms with E-state index < -0.39 is 6.04 Å². The molecule has 2 aliphatic heterocycles. The van der Waals surface area contributed by atoms with Crippen molar-refractivity contribution in [3.63, 3.8) is 0 Å². The standard InChI is InChI=1S/C25H33N3O4/c1-17-15-27(16-18(2)32-17)13-6-12-26-24(30)22-9-5-14-28(22)25(31)21-11-10-19-7-3-4-8-20(19)23(21)29/h3-4,7-8,10-11,17-18,22,29H,5-6,9,12-16H2,1-2H3,(H,26,30). The SMILES string of the molecule is CC1CN(CCCNC(=O)C2CCCN2C(=O)c2ccc3ccccc3c2O)CC(C)O1. The molecular weight excluding hydrogens is 406 g/mol. The van der Waals surface area contributed by atoms with E-state index in [4.69, 9.17) is 4.74 Å². The van der Waals surface area contributed by atoms with Gasteiger partial charge in [0.25, 0.3) is 5.91 Å². The highest BCUT2D eigenvalue weighted by atomic mass is 16.5.